The van der Waals surface area contributed by atoms with E-state index >= 15 is 0 Å². The number of nitrogens with zero attached hydrogens (tertiary/aromatic N) is 1. The topological polar surface area (TPSA) is 111 Å². The lowest BCUT2D eigenvalue weighted by molar-refractivity contribution is -0.870. The molecule has 0 rings (SSSR count). The molecule has 60 heavy (non-hydrogen) atoms. The number of unbranched alkanes of at least 4 members (excludes halogenated alkanes) is 25. The van der Waals surface area contributed by atoms with Gasteiger partial charge >= 0.3 is 11.9 Å². The van der Waals surface area contributed by atoms with E-state index in [-0.39, 0.29) is 32.0 Å². The highest BCUT2D eigenvalue weighted by molar-refractivity contribution is 7.45. The Labute approximate surface area is 370 Å². The number of rotatable bonds is 45. The highest BCUT2D eigenvalue weighted by Gasteiger charge is 2.21. The van der Waals surface area contributed by atoms with Gasteiger partial charge in [0.25, 0.3) is 7.82 Å². The molecule has 0 amide bonds. The summed E-state index contributed by atoms with van der Waals surface area (Å²) in [4.78, 5) is 37.7. The van der Waals surface area contributed by atoms with Crippen molar-refractivity contribution < 1.29 is 42.1 Å². The van der Waals surface area contributed by atoms with Crippen LogP contribution in [0.1, 0.15) is 219 Å². The van der Waals surface area contributed by atoms with E-state index in [1.54, 1.807) is 0 Å². The molecule has 0 spiro atoms. The van der Waals surface area contributed by atoms with Gasteiger partial charge in [-0.25, -0.2) is 0 Å². The minimum absolute atomic E-state index is 0.0346. The molecule has 0 heterocycles. The smallest absolute Gasteiger partial charge is 0.306 e. The Kier molecular flexibility index (Phi) is 41.3. The molecule has 0 saturated carbocycles. The molecule has 0 bridgehead atoms. The molecule has 2 atom stereocenters. The summed E-state index contributed by atoms with van der Waals surface area (Å²) in [6.07, 6.45) is 48.8. The van der Waals surface area contributed by atoms with E-state index in [0.717, 1.165) is 57.8 Å². The van der Waals surface area contributed by atoms with Gasteiger partial charge in [-0.2, -0.15) is 0 Å². The molecule has 0 N–H and O–H groups in total. The highest BCUT2D eigenvalue weighted by atomic mass is 31.2. The number of phosphoric acid groups is 1. The van der Waals surface area contributed by atoms with E-state index in [9.17, 15) is 19.0 Å². The second-order valence-corrected chi connectivity index (χ2v) is 19.2. The van der Waals surface area contributed by atoms with E-state index in [2.05, 4.69) is 50.3 Å². The van der Waals surface area contributed by atoms with Crippen LogP contribution in [0.4, 0.5) is 0 Å². The van der Waals surface area contributed by atoms with Gasteiger partial charge in [0, 0.05) is 12.8 Å². The monoisotopic (exact) mass is 868 g/mol. The summed E-state index contributed by atoms with van der Waals surface area (Å²) >= 11 is 0. The number of esters is 2. The normalized spacial score (nSPS) is 13.8. The number of carbonyl (C=O) groups excluding carboxylic acids is 2. The maximum atomic E-state index is 12.7. The van der Waals surface area contributed by atoms with Crippen molar-refractivity contribution in [1.82, 2.24) is 0 Å². The van der Waals surface area contributed by atoms with Crippen LogP contribution in [0, 0.1) is 0 Å². The lowest BCUT2D eigenvalue weighted by Gasteiger charge is -2.28. The second-order valence-electron chi connectivity index (χ2n) is 17.8. The van der Waals surface area contributed by atoms with E-state index in [0.29, 0.717) is 17.4 Å². The van der Waals surface area contributed by atoms with Crippen LogP contribution < -0.4 is 4.89 Å². The Morgan fingerprint density at radius 1 is 0.517 bits per heavy atom. The van der Waals surface area contributed by atoms with Gasteiger partial charge in [-0.1, -0.05) is 192 Å². The number of quaternary nitrogens is 1. The van der Waals surface area contributed by atoms with Gasteiger partial charge in [0.05, 0.1) is 27.7 Å². The molecule has 352 valence electrons. The maximum Gasteiger partial charge on any atom is 0.306 e. The third kappa shape index (κ3) is 45.7. The fourth-order valence-electron chi connectivity index (χ4n) is 6.78. The number of carbonyl (C=O) groups is 2. The molecule has 0 aromatic carbocycles. The standard InChI is InChI=1S/C50H94NO8P/c1-6-8-10-12-14-16-18-20-22-24-25-27-28-30-32-34-36-38-40-42-49(52)56-46-48(47-58-60(54,55)57-45-44-51(3,4)5)59-50(53)43-41-39-37-35-33-31-29-26-23-21-19-17-15-13-11-9-7-2/h15,17,21,23,29,31,48H,6-14,16,18-20,22,24-28,30,32-47H2,1-5H3/b17-15+,23-21+,31-29+/t48-/m1/s1. The van der Waals surface area contributed by atoms with Crippen molar-refractivity contribution in [3.63, 3.8) is 0 Å². The van der Waals surface area contributed by atoms with Crippen LogP contribution in [0.2, 0.25) is 0 Å². The highest BCUT2D eigenvalue weighted by Crippen LogP contribution is 2.38. The van der Waals surface area contributed by atoms with Crippen LogP contribution >= 0.6 is 7.82 Å². The minimum atomic E-state index is -4.63. The third-order valence-electron chi connectivity index (χ3n) is 10.7. The van der Waals surface area contributed by atoms with Gasteiger partial charge in [0.2, 0.25) is 0 Å². The van der Waals surface area contributed by atoms with Crippen LogP contribution in [0.5, 0.6) is 0 Å². The zero-order chi connectivity index (χ0) is 44.3. The number of hydrogen-bond donors (Lipinski definition) is 0. The van der Waals surface area contributed by atoms with E-state index in [1.807, 2.05) is 21.1 Å². The zero-order valence-electron chi connectivity index (χ0n) is 39.7. The molecule has 0 aliphatic rings. The average molecular weight is 868 g/mol. The number of ether oxygens (including phenoxy) is 2. The van der Waals surface area contributed by atoms with Crippen molar-refractivity contribution in [2.24, 2.45) is 0 Å². The Balaban J connectivity index is 4.30. The van der Waals surface area contributed by atoms with Crippen LogP contribution in [0.3, 0.4) is 0 Å². The quantitative estimate of drug-likeness (QED) is 0.0196. The number of allylic oxidation sites excluding steroid dienone is 6. The molecule has 0 radical (unpaired) electrons. The van der Waals surface area contributed by atoms with Gasteiger partial charge in [-0.05, 0) is 51.4 Å². The molecule has 0 fully saturated rings. The average Bonchev–Trinajstić information content (AvgIpc) is 3.20. The summed E-state index contributed by atoms with van der Waals surface area (Å²) in [6, 6.07) is 0. The summed E-state index contributed by atoms with van der Waals surface area (Å²) in [7, 11) is 1.15. The summed E-state index contributed by atoms with van der Waals surface area (Å²) in [5.41, 5.74) is 0. The van der Waals surface area contributed by atoms with E-state index in [4.69, 9.17) is 18.5 Å². The maximum absolute atomic E-state index is 12.7. The largest absolute Gasteiger partial charge is 0.756 e. The summed E-state index contributed by atoms with van der Waals surface area (Å²) in [6.45, 7) is 4.20. The minimum Gasteiger partial charge on any atom is -0.756 e. The van der Waals surface area contributed by atoms with Crippen molar-refractivity contribution in [3.05, 3.63) is 36.5 Å². The Bertz CT molecular complexity index is 1120. The SMILES string of the molecule is CCCCC/C=C/C/C=C/C/C=C/CCCCCCC(=O)O[C@H](COC(=O)CCCCCCCCCCCCCCCCCCCCC)COP(=O)([O-])OCC[N+](C)(C)C. The molecule has 9 nitrogen and oxygen atoms in total. The second kappa shape index (κ2) is 42.5. The van der Waals surface area contributed by atoms with Crippen molar-refractivity contribution >= 4 is 19.8 Å². The predicted octanol–water partition coefficient (Wildman–Crippen LogP) is 13.8. The first kappa shape index (κ1) is 58.2. The summed E-state index contributed by atoms with van der Waals surface area (Å²) in [5, 5.41) is 0. The number of likely N-dealkylation sites (N-methyl/N-ethyl adjacent to an activating group) is 1. The lowest BCUT2D eigenvalue weighted by Crippen LogP contribution is -2.37. The molecule has 0 saturated heterocycles. The first-order valence-corrected chi connectivity index (χ1v) is 26.2. The van der Waals surface area contributed by atoms with Crippen LogP contribution in [0.25, 0.3) is 0 Å². The first-order valence-electron chi connectivity index (χ1n) is 24.7. The molecular weight excluding hydrogens is 774 g/mol. The Morgan fingerprint density at radius 2 is 0.900 bits per heavy atom. The molecule has 0 aliphatic heterocycles. The molecule has 1 unspecified atom stereocenters. The van der Waals surface area contributed by atoms with Crippen LogP contribution in [-0.4, -0.2) is 70.0 Å². The fraction of sp³-hybridized carbons (Fsp3) is 0.840. The Morgan fingerprint density at radius 3 is 1.37 bits per heavy atom. The fourth-order valence-corrected chi connectivity index (χ4v) is 7.51. The zero-order valence-corrected chi connectivity index (χ0v) is 40.6. The molecule has 0 aromatic heterocycles. The third-order valence-corrected chi connectivity index (χ3v) is 11.6. The number of hydrogen-bond acceptors (Lipinski definition) is 8. The van der Waals surface area contributed by atoms with Gasteiger partial charge in [-0.3, -0.25) is 14.2 Å². The van der Waals surface area contributed by atoms with Crippen LogP contribution in [-0.2, 0) is 32.7 Å². The lowest BCUT2D eigenvalue weighted by atomic mass is 10.0. The molecular formula is C50H94NO8P. The van der Waals surface area contributed by atoms with Crippen molar-refractivity contribution in [1.29, 1.82) is 0 Å². The van der Waals surface area contributed by atoms with Crippen molar-refractivity contribution in [2.45, 2.75) is 225 Å². The van der Waals surface area contributed by atoms with Gasteiger partial charge < -0.3 is 27.9 Å². The summed E-state index contributed by atoms with van der Waals surface area (Å²) in [5.74, 6) is -0.851. The summed E-state index contributed by atoms with van der Waals surface area (Å²) < 4.78 is 34.0. The van der Waals surface area contributed by atoms with Gasteiger partial charge in [0.1, 0.15) is 19.8 Å². The predicted molar refractivity (Wildman–Crippen MR) is 250 cm³/mol. The van der Waals surface area contributed by atoms with Crippen molar-refractivity contribution in [2.75, 3.05) is 47.5 Å². The molecule has 10 heteroatoms. The van der Waals surface area contributed by atoms with Crippen molar-refractivity contribution in [3.8, 4) is 0 Å². The first-order chi connectivity index (χ1) is 29.0. The van der Waals surface area contributed by atoms with Gasteiger partial charge in [-0.15, -0.1) is 0 Å². The van der Waals surface area contributed by atoms with Gasteiger partial charge in [0.15, 0.2) is 6.10 Å². The molecule has 0 aromatic rings. The number of phosphoric ester groups is 1. The Hall–Kier alpha value is -1.77. The van der Waals surface area contributed by atoms with E-state index < -0.39 is 26.5 Å². The molecule has 0 aliphatic carbocycles. The van der Waals surface area contributed by atoms with Crippen LogP contribution in [0.15, 0.2) is 36.5 Å². The van der Waals surface area contributed by atoms with E-state index in [1.165, 1.54) is 128 Å².